The van der Waals surface area contributed by atoms with Crippen LogP contribution in [0.4, 0.5) is 0 Å². The molecule has 0 radical (unpaired) electrons. The molecule has 4 N–H and O–H groups in total. The van der Waals surface area contributed by atoms with Crippen LogP contribution in [-0.4, -0.2) is 43.5 Å². The highest BCUT2D eigenvalue weighted by Gasteiger charge is 2.24. The van der Waals surface area contributed by atoms with Gasteiger partial charge < -0.3 is 15.1 Å². The van der Waals surface area contributed by atoms with Crippen molar-refractivity contribution in [2.75, 3.05) is 26.7 Å². The molecule has 1 heterocycles. The SMILES string of the molecule is CNC(=O)C1CCN(CCC(=O)ONN)CC1. The predicted octanol–water partition coefficient (Wildman–Crippen LogP) is -1.24. The third-order valence-electron chi connectivity index (χ3n) is 3.01. The summed E-state index contributed by atoms with van der Waals surface area (Å²) >= 11 is 0. The summed E-state index contributed by atoms with van der Waals surface area (Å²) < 4.78 is 0. The molecule has 0 unspecified atom stereocenters. The number of likely N-dealkylation sites (tertiary alicyclic amines) is 1. The standard InChI is InChI=1S/C10H20N4O3/c1-12-10(16)8-2-5-14(6-3-8)7-4-9(15)17-13-11/h8,13H,2-7,11H2,1H3,(H,12,16). The third-order valence-corrected chi connectivity index (χ3v) is 3.01. The molecule has 1 fully saturated rings. The molecule has 0 saturated carbocycles. The van der Waals surface area contributed by atoms with Gasteiger partial charge in [0.15, 0.2) is 0 Å². The first-order valence-electron chi connectivity index (χ1n) is 5.76. The monoisotopic (exact) mass is 244 g/mol. The molecule has 0 spiro atoms. The molecule has 0 aromatic carbocycles. The lowest BCUT2D eigenvalue weighted by Gasteiger charge is -2.30. The maximum Gasteiger partial charge on any atom is 0.327 e. The molecule has 7 nitrogen and oxygen atoms in total. The molecule has 0 atom stereocenters. The van der Waals surface area contributed by atoms with E-state index in [1.807, 2.05) is 5.59 Å². The molecule has 17 heavy (non-hydrogen) atoms. The number of rotatable bonds is 5. The fraction of sp³-hybridized carbons (Fsp3) is 0.800. The number of piperidine rings is 1. The van der Waals surface area contributed by atoms with Gasteiger partial charge in [0.1, 0.15) is 0 Å². The molecular weight excluding hydrogens is 224 g/mol. The summed E-state index contributed by atoms with van der Waals surface area (Å²) in [6.07, 6.45) is 1.97. The van der Waals surface area contributed by atoms with Crippen LogP contribution in [0.1, 0.15) is 19.3 Å². The summed E-state index contributed by atoms with van der Waals surface area (Å²) in [6.45, 7) is 2.31. The van der Waals surface area contributed by atoms with Crippen molar-refractivity contribution >= 4 is 11.9 Å². The molecular formula is C10H20N4O3. The molecule has 1 rings (SSSR count). The molecule has 1 saturated heterocycles. The van der Waals surface area contributed by atoms with E-state index >= 15 is 0 Å². The highest BCUT2D eigenvalue weighted by molar-refractivity contribution is 5.78. The lowest BCUT2D eigenvalue weighted by atomic mass is 9.96. The molecule has 0 bridgehead atoms. The van der Waals surface area contributed by atoms with Crippen LogP contribution in [0.5, 0.6) is 0 Å². The van der Waals surface area contributed by atoms with Crippen LogP contribution in [0.25, 0.3) is 0 Å². The Hall–Kier alpha value is -1.18. The Kier molecular flexibility index (Phi) is 5.88. The van der Waals surface area contributed by atoms with Gasteiger partial charge >= 0.3 is 5.97 Å². The summed E-state index contributed by atoms with van der Waals surface area (Å²) in [5, 5.41) is 2.66. The van der Waals surface area contributed by atoms with Crippen LogP contribution in [0.2, 0.25) is 0 Å². The van der Waals surface area contributed by atoms with E-state index in [4.69, 9.17) is 5.84 Å². The Morgan fingerprint density at radius 2 is 2.06 bits per heavy atom. The van der Waals surface area contributed by atoms with E-state index in [2.05, 4.69) is 15.1 Å². The number of hydrogen-bond acceptors (Lipinski definition) is 6. The average molecular weight is 244 g/mol. The minimum atomic E-state index is -0.374. The minimum Gasteiger partial charge on any atom is -0.359 e. The zero-order valence-corrected chi connectivity index (χ0v) is 10.1. The second-order valence-electron chi connectivity index (χ2n) is 4.07. The van der Waals surface area contributed by atoms with Crippen molar-refractivity contribution in [3.63, 3.8) is 0 Å². The van der Waals surface area contributed by atoms with Crippen molar-refractivity contribution < 1.29 is 14.4 Å². The Labute approximate surface area is 101 Å². The smallest absolute Gasteiger partial charge is 0.327 e. The van der Waals surface area contributed by atoms with Gasteiger partial charge in [0.25, 0.3) is 0 Å². The molecule has 7 heteroatoms. The van der Waals surface area contributed by atoms with Crippen molar-refractivity contribution in [1.82, 2.24) is 15.8 Å². The van der Waals surface area contributed by atoms with E-state index < -0.39 is 0 Å². The van der Waals surface area contributed by atoms with Crippen LogP contribution < -0.4 is 16.7 Å². The summed E-state index contributed by atoms with van der Waals surface area (Å²) in [7, 11) is 1.66. The first-order chi connectivity index (χ1) is 8.17. The Bertz CT molecular complexity index is 264. The molecule has 1 aliphatic heterocycles. The van der Waals surface area contributed by atoms with Gasteiger partial charge in [-0.05, 0) is 25.9 Å². The second-order valence-corrected chi connectivity index (χ2v) is 4.07. The van der Waals surface area contributed by atoms with Crippen molar-refractivity contribution in [3.05, 3.63) is 0 Å². The number of amides is 1. The summed E-state index contributed by atoms with van der Waals surface area (Å²) in [6, 6.07) is 0. The molecule has 0 aromatic heterocycles. The van der Waals surface area contributed by atoms with Crippen LogP contribution in [0, 0.1) is 5.92 Å². The highest BCUT2D eigenvalue weighted by Crippen LogP contribution is 2.17. The third kappa shape index (κ3) is 4.68. The molecule has 1 amide bonds. The normalized spacial score (nSPS) is 17.8. The fourth-order valence-electron chi connectivity index (χ4n) is 1.99. The summed E-state index contributed by atoms with van der Waals surface area (Å²) in [5.41, 5.74) is 1.86. The number of nitrogens with one attached hydrogen (secondary N) is 2. The fourth-order valence-corrected chi connectivity index (χ4v) is 1.99. The maximum atomic E-state index is 11.4. The summed E-state index contributed by atoms with van der Waals surface area (Å²) in [5.74, 6) is 4.69. The quantitative estimate of drug-likeness (QED) is 0.413. The predicted molar refractivity (Wildman–Crippen MR) is 61.3 cm³/mol. The molecule has 0 aliphatic carbocycles. The number of hydrogen-bond donors (Lipinski definition) is 3. The van der Waals surface area contributed by atoms with Gasteiger partial charge in [-0.15, -0.1) is 0 Å². The van der Waals surface area contributed by atoms with Gasteiger partial charge in [-0.3, -0.25) is 9.59 Å². The van der Waals surface area contributed by atoms with E-state index in [0.717, 1.165) is 25.9 Å². The number of carbonyl (C=O) groups excluding carboxylic acids is 2. The van der Waals surface area contributed by atoms with Gasteiger partial charge in [0.05, 0.1) is 6.42 Å². The molecule has 98 valence electrons. The Balaban J connectivity index is 2.19. The van der Waals surface area contributed by atoms with E-state index in [0.29, 0.717) is 13.0 Å². The Morgan fingerprint density at radius 3 is 2.59 bits per heavy atom. The minimum absolute atomic E-state index is 0.105. The van der Waals surface area contributed by atoms with E-state index in [1.165, 1.54) is 0 Å². The van der Waals surface area contributed by atoms with Gasteiger partial charge in [0.2, 0.25) is 5.91 Å². The van der Waals surface area contributed by atoms with Crippen molar-refractivity contribution in [1.29, 1.82) is 0 Å². The lowest BCUT2D eigenvalue weighted by molar-refractivity contribution is -0.151. The van der Waals surface area contributed by atoms with Crippen LogP contribution in [-0.2, 0) is 14.4 Å². The van der Waals surface area contributed by atoms with Crippen LogP contribution in [0.15, 0.2) is 0 Å². The van der Waals surface area contributed by atoms with Crippen molar-refractivity contribution in [2.45, 2.75) is 19.3 Å². The van der Waals surface area contributed by atoms with E-state index in [9.17, 15) is 9.59 Å². The topological polar surface area (TPSA) is 96.7 Å². The number of nitrogens with two attached hydrogens (primary N) is 1. The zero-order valence-electron chi connectivity index (χ0n) is 10.1. The van der Waals surface area contributed by atoms with Crippen molar-refractivity contribution in [2.24, 2.45) is 11.8 Å². The van der Waals surface area contributed by atoms with Gasteiger partial charge in [-0.25, -0.2) is 5.84 Å². The molecule has 0 aromatic rings. The van der Waals surface area contributed by atoms with Crippen LogP contribution in [0.3, 0.4) is 0 Å². The maximum absolute atomic E-state index is 11.4. The Morgan fingerprint density at radius 1 is 1.41 bits per heavy atom. The average Bonchev–Trinajstić information content (AvgIpc) is 2.36. The zero-order chi connectivity index (χ0) is 12.7. The van der Waals surface area contributed by atoms with E-state index in [-0.39, 0.29) is 17.8 Å². The van der Waals surface area contributed by atoms with E-state index in [1.54, 1.807) is 7.05 Å². The number of carbonyl (C=O) groups is 2. The van der Waals surface area contributed by atoms with Gasteiger partial charge in [0, 0.05) is 19.5 Å². The largest absolute Gasteiger partial charge is 0.359 e. The van der Waals surface area contributed by atoms with Gasteiger partial charge in [-0.2, -0.15) is 0 Å². The number of hydrazine groups is 1. The first-order valence-corrected chi connectivity index (χ1v) is 5.76. The van der Waals surface area contributed by atoms with Crippen molar-refractivity contribution in [3.8, 4) is 0 Å². The summed E-state index contributed by atoms with van der Waals surface area (Å²) in [4.78, 5) is 29.0. The first kappa shape index (κ1) is 13.9. The van der Waals surface area contributed by atoms with Crippen LogP contribution >= 0.6 is 0 Å². The highest BCUT2D eigenvalue weighted by atomic mass is 16.7. The van der Waals surface area contributed by atoms with Gasteiger partial charge in [-0.1, -0.05) is 5.59 Å². The lowest BCUT2D eigenvalue weighted by Crippen LogP contribution is -2.40. The second kappa shape index (κ2) is 7.21. The molecule has 1 aliphatic rings. The number of nitrogens with zero attached hydrogens (tertiary/aromatic N) is 1.